The summed E-state index contributed by atoms with van der Waals surface area (Å²) in [5.41, 5.74) is 2.94. The highest BCUT2D eigenvalue weighted by atomic mass is 16.1. The number of carbonyl (C=O) groups is 1. The van der Waals surface area contributed by atoms with E-state index in [2.05, 4.69) is 47.7 Å². The summed E-state index contributed by atoms with van der Waals surface area (Å²) in [7, 11) is 0. The first-order valence-corrected chi connectivity index (χ1v) is 10.5. The molecule has 0 bridgehead atoms. The second-order valence-electron chi connectivity index (χ2n) is 7.43. The van der Waals surface area contributed by atoms with Gasteiger partial charge in [-0.05, 0) is 38.3 Å². The first-order valence-electron chi connectivity index (χ1n) is 10.5. The molecule has 0 saturated carbocycles. The Labute approximate surface area is 164 Å². The monoisotopic (exact) mass is 369 g/mol. The standard InChI is InChI=1S/C23H35N3O/c1-4-5-6-7-13-18-26-21-15-11-10-14-20(21)25-22(26)16-9-8-12-17-24-23(27)19(2)3/h10-11,14-15H,2,4-9,12-13,16-18H2,1,3H3,(H,24,27). The van der Waals surface area contributed by atoms with Crippen molar-refractivity contribution in [3.05, 3.63) is 42.2 Å². The Morgan fingerprint density at radius 2 is 1.81 bits per heavy atom. The predicted molar refractivity (Wildman–Crippen MR) is 114 cm³/mol. The average Bonchev–Trinajstić information content (AvgIpc) is 3.01. The van der Waals surface area contributed by atoms with Crippen molar-refractivity contribution in [2.75, 3.05) is 6.54 Å². The molecule has 2 aromatic rings. The predicted octanol–water partition coefficient (Wildman–Crippen LogP) is 5.41. The van der Waals surface area contributed by atoms with E-state index in [0.29, 0.717) is 5.57 Å². The van der Waals surface area contributed by atoms with Gasteiger partial charge in [-0.2, -0.15) is 0 Å². The number of rotatable bonds is 13. The zero-order chi connectivity index (χ0) is 19.5. The van der Waals surface area contributed by atoms with Crippen LogP contribution in [0.1, 0.15) is 71.0 Å². The summed E-state index contributed by atoms with van der Waals surface area (Å²) in [5, 5.41) is 2.90. The van der Waals surface area contributed by atoms with E-state index < -0.39 is 0 Å². The molecule has 148 valence electrons. The van der Waals surface area contributed by atoms with E-state index in [1.807, 2.05) is 0 Å². The Kier molecular flexibility index (Phi) is 9.09. The van der Waals surface area contributed by atoms with Crippen LogP contribution in [0.2, 0.25) is 0 Å². The molecule has 0 spiro atoms. The summed E-state index contributed by atoms with van der Waals surface area (Å²) in [6, 6.07) is 8.46. The minimum Gasteiger partial charge on any atom is -0.352 e. The number of unbranched alkanes of at least 4 members (excludes halogenated alkanes) is 6. The van der Waals surface area contributed by atoms with E-state index in [1.54, 1.807) is 6.92 Å². The number of aryl methyl sites for hydroxylation is 2. The smallest absolute Gasteiger partial charge is 0.246 e. The summed E-state index contributed by atoms with van der Waals surface area (Å²) in [6.07, 6.45) is 10.6. The van der Waals surface area contributed by atoms with Gasteiger partial charge in [0.25, 0.3) is 0 Å². The van der Waals surface area contributed by atoms with Gasteiger partial charge in [-0.1, -0.05) is 57.7 Å². The third-order valence-corrected chi connectivity index (χ3v) is 4.97. The van der Waals surface area contributed by atoms with Crippen molar-refractivity contribution in [2.24, 2.45) is 0 Å². The molecule has 1 aromatic heterocycles. The largest absolute Gasteiger partial charge is 0.352 e. The summed E-state index contributed by atoms with van der Waals surface area (Å²) in [5.74, 6) is 1.16. The van der Waals surface area contributed by atoms with Gasteiger partial charge in [0.15, 0.2) is 0 Å². The molecule has 1 heterocycles. The zero-order valence-corrected chi connectivity index (χ0v) is 17.1. The fraction of sp³-hybridized carbons (Fsp3) is 0.565. The van der Waals surface area contributed by atoms with Crippen molar-refractivity contribution in [3.63, 3.8) is 0 Å². The van der Waals surface area contributed by atoms with Crippen LogP contribution in [-0.2, 0) is 17.8 Å². The van der Waals surface area contributed by atoms with Gasteiger partial charge in [0, 0.05) is 25.1 Å². The van der Waals surface area contributed by atoms with Crippen LogP contribution < -0.4 is 5.32 Å². The van der Waals surface area contributed by atoms with Gasteiger partial charge in [-0.25, -0.2) is 4.98 Å². The Hall–Kier alpha value is -2.10. The lowest BCUT2D eigenvalue weighted by atomic mass is 10.1. The third-order valence-electron chi connectivity index (χ3n) is 4.97. The van der Waals surface area contributed by atoms with Gasteiger partial charge in [0.1, 0.15) is 5.82 Å². The maximum absolute atomic E-state index is 11.5. The lowest BCUT2D eigenvalue weighted by Crippen LogP contribution is -2.24. The van der Waals surface area contributed by atoms with Crippen molar-refractivity contribution in [2.45, 2.75) is 78.2 Å². The maximum Gasteiger partial charge on any atom is 0.246 e. The van der Waals surface area contributed by atoms with Crippen molar-refractivity contribution in [1.82, 2.24) is 14.9 Å². The molecule has 4 heteroatoms. The van der Waals surface area contributed by atoms with Crippen LogP contribution in [0.25, 0.3) is 11.0 Å². The molecule has 0 unspecified atom stereocenters. The molecular weight excluding hydrogens is 334 g/mol. The average molecular weight is 370 g/mol. The Morgan fingerprint density at radius 1 is 1.07 bits per heavy atom. The molecule has 1 amide bonds. The van der Waals surface area contributed by atoms with Gasteiger partial charge in [0.2, 0.25) is 5.91 Å². The van der Waals surface area contributed by atoms with Crippen molar-refractivity contribution in [3.8, 4) is 0 Å². The summed E-state index contributed by atoms with van der Waals surface area (Å²) in [4.78, 5) is 16.4. The number of para-hydroxylation sites is 2. The van der Waals surface area contributed by atoms with Crippen LogP contribution in [0, 0.1) is 0 Å². The van der Waals surface area contributed by atoms with E-state index in [4.69, 9.17) is 4.98 Å². The second-order valence-corrected chi connectivity index (χ2v) is 7.43. The third kappa shape index (κ3) is 6.85. The molecule has 2 rings (SSSR count). The molecule has 0 saturated heterocycles. The van der Waals surface area contributed by atoms with Crippen LogP contribution in [0.4, 0.5) is 0 Å². The van der Waals surface area contributed by atoms with Gasteiger partial charge in [0.05, 0.1) is 11.0 Å². The summed E-state index contributed by atoms with van der Waals surface area (Å²) >= 11 is 0. The molecular formula is C23H35N3O. The van der Waals surface area contributed by atoms with E-state index in [-0.39, 0.29) is 5.91 Å². The quantitative estimate of drug-likeness (QED) is 0.379. The molecule has 0 aliphatic rings. The normalized spacial score (nSPS) is 11.0. The Balaban J connectivity index is 1.84. The number of hydrogen-bond acceptors (Lipinski definition) is 2. The van der Waals surface area contributed by atoms with Gasteiger partial charge < -0.3 is 9.88 Å². The highest BCUT2D eigenvalue weighted by molar-refractivity contribution is 5.92. The van der Waals surface area contributed by atoms with E-state index >= 15 is 0 Å². The molecule has 0 aliphatic carbocycles. The lowest BCUT2D eigenvalue weighted by molar-refractivity contribution is -0.117. The molecule has 1 aromatic carbocycles. The molecule has 0 radical (unpaired) electrons. The second kappa shape index (κ2) is 11.6. The minimum atomic E-state index is -0.0418. The minimum absolute atomic E-state index is 0.0418. The lowest BCUT2D eigenvalue weighted by Gasteiger charge is -2.09. The number of aromatic nitrogens is 2. The van der Waals surface area contributed by atoms with E-state index in [9.17, 15) is 4.79 Å². The summed E-state index contributed by atoms with van der Waals surface area (Å²) < 4.78 is 2.42. The van der Waals surface area contributed by atoms with Crippen LogP contribution in [-0.4, -0.2) is 22.0 Å². The Morgan fingerprint density at radius 3 is 2.59 bits per heavy atom. The number of amides is 1. The number of nitrogens with zero attached hydrogens (tertiary/aromatic N) is 2. The van der Waals surface area contributed by atoms with Crippen molar-refractivity contribution < 1.29 is 4.79 Å². The number of hydrogen-bond donors (Lipinski definition) is 1. The Bertz CT molecular complexity index is 732. The number of fused-ring (bicyclic) bond motifs is 1. The van der Waals surface area contributed by atoms with Crippen molar-refractivity contribution >= 4 is 16.9 Å². The molecule has 27 heavy (non-hydrogen) atoms. The highest BCUT2D eigenvalue weighted by Gasteiger charge is 2.10. The first-order chi connectivity index (χ1) is 13.1. The number of benzene rings is 1. The van der Waals surface area contributed by atoms with Gasteiger partial charge in [-0.3, -0.25) is 4.79 Å². The van der Waals surface area contributed by atoms with Crippen LogP contribution in [0.15, 0.2) is 36.4 Å². The fourth-order valence-electron chi connectivity index (χ4n) is 3.38. The number of carbonyl (C=O) groups excluding carboxylic acids is 1. The molecule has 1 N–H and O–H groups in total. The first kappa shape index (κ1) is 21.2. The highest BCUT2D eigenvalue weighted by Crippen LogP contribution is 2.19. The summed E-state index contributed by atoms with van der Waals surface area (Å²) in [6.45, 7) is 9.44. The van der Waals surface area contributed by atoms with E-state index in [0.717, 1.165) is 44.3 Å². The van der Waals surface area contributed by atoms with Gasteiger partial charge in [-0.15, -0.1) is 0 Å². The van der Waals surface area contributed by atoms with Crippen molar-refractivity contribution in [1.29, 1.82) is 0 Å². The molecule has 0 fully saturated rings. The fourth-order valence-corrected chi connectivity index (χ4v) is 3.38. The molecule has 0 atom stereocenters. The van der Waals surface area contributed by atoms with Crippen LogP contribution >= 0.6 is 0 Å². The van der Waals surface area contributed by atoms with Gasteiger partial charge >= 0.3 is 0 Å². The SMILES string of the molecule is C=C(C)C(=O)NCCCCCc1nc2ccccc2n1CCCCCCC. The van der Waals surface area contributed by atoms with Crippen LogP contribution in [0.3, 0.4) is 0 Å². The zero-order valence-electron chi connectivity index (χ0n) is 17.1. The maximum atomic E-state index is 11.5. The van der Waals surface area contributed by atoms with Crippen LogP contribution in [0.5, 0.6) is 0 Å². The number of imidazole rings is 1. The molecule has 4 nitrogen and oxygen atoms in total. The molecule has 0 aliphatic heterocycles. The topological polar surface area (TPSA) is 46.9 Å². The van der Waals surface area contributed by atoms with E-state index in [1.165, 1.54) is 43.4 Å². The number of nitrogens with one attached hydrogen (secondary N) is 1.